The van der Waals surface area contributed by atoms with E-state index in [9.17, 15) is 18.0 Å². The second kappa shape index (κ2) is 5.13. The summed E-state index contributed by atoms with van der Waals surface area (Å²) in [5.41, 5.74) is 4.68. The number of carbonyl (C=O) groups is 1. The number of carbonyl (C=O) groups excluding carboxylic acids is 1. The smallest absolute Gasteiger partial charge is 0.352 e. The van der Waals surface area contributed by atoms with Crippen molar-refractivity contribution in [3.8, 4) is 0 Å². The largest absolute Gasteiger partial charge is 0.397 e. The third-order valence-corrected chi connectivity index (χ3v) is 1.84. The first-order valence-corrected chi connectivity index (χ1v) is 4.25. The van der Waals surface area contributed by atoms with Gasteiger partial charge in [0.1, 0.15) is 0 Å². The Morgan fingerprint density at radius 3 is 2.50 bits per heavy atom. The lowest BCUT2D eigenvalue weighted by atomic mass is 10.7. The molecule has 0 heterocycles. The van der Waals surface area contributed by atoms with Crippen LogP contribution in [0.3, 0.4) is 0 Å². The zero-order chi connectivity index (χ0) is 9.61. The molecule has 0 spiro atoms. The summed E-state index contributed by atoms with van der Waals surface area (Å²) in [6, 6.07) is -0.720. The molecule has 0 unspecified atom stereocenters. The molecule has 0 atom stereocenters. The van der Waals surface area contributed by atoms with Gasteiger partial charge in [-0.05, 0) is 0 Å². The zero-order valence-corrected chi connectivity index (χ0v) is 6.97. The first-order chi connectivity index (χ1) is 5.42. The van der Waals surface area contributed by atoms with Gasteiger partial charge in [0, 0.05) is 12.3 Å². The quantitative estimate of drug-likeness (QED) is 0.667. The van der Waals surface area contributed by atoms with Crippen molar-refractivity contribution in [1.29, 1.82) is 0 Å². The Kier molecular flexibility index (Phi) is 4.87. The monoisotopic (exact) mass is 202 g/mol. The number of primary amides is 1. The third-order valence-electron chi connectivity index (χ3n) is 0.811. The molecule has 0 radical (unpaired) electrons. The van der Waals surface area contributed by atoms with Crippen LogP contribution in [-0.2, 0) is 0 Å². The van der Waals surface area contributed by atoms with E-state index in [2.05, 4.69) is 11.1 Å². The molecular weight excluding hydrogens is 193 g/mol. The molecule has 0 bridgehead atoms. The molecule has 3 N–H and O–H groups in total. The fourth-order valence-electron chi connectivity index (χ4n) is 0.434. The number of hydrogen-bond acceptors (Lipinski definition) is 2. The molecule has 0 saturated heterocycles. The minimum atomic E-state index is -4.14. The second-order valence-electron chi connectivity index (χ2n) is 1.96. The Hall–Kier alpha value is -0.590. The number of rotatable bonds is 4. The van der Waals surface area contributed by atoms with E-state index in [0.717, 1.165) is 0 Å². The molecule has 0 aromatic carbocycles. The van der Waals surface area contributed by atoms with Gasteiger partial charge in [0.2, 0.25) is 0 Å². The zero-order valence-electron chi connectivity index (χ0n) is 6.15. The van der Waals surface area contributed by atoms with E-state index in [0.29, 0.717) is 11.8 Å². The molecule has 7 heteroatoms. The van der Waals surface area contributed by atoms with Crippen LogP contribution >= 0.6 is 11.8 Å². The van der Waals surface area contributed by atoms with Crippen molar-refractivity contribution in [3.05, 3.63) is 0 Å². The number of alkyl halides is 3. The Labute approximate surface area is 71.9 Å². The van der Waals surface area contributed by atoms with Crippen LogP contribution in [0.2, 0.25) is 0 Å². The van der Waals surface area contributed by atoms with Gasteiger partial charge in [0.25, 0.3) is 0 Å². The molecule has 72 valence electrons. The molecule has 0 aliphatic carbocycles. The van der Waals surface area contributed by atoms with E-state index in [1.807, 2.05) is 0 Å². The highest BCUT2D eigenvalue weighted by Gasteiger charge is 2.26. The van der Waals surface area contributed by atoms with E-state index in [-0.39, 0.29) is 12.3 Å². The fraction of sp³-hybridized carbons (Fsp3) is 0.800. The van der Waals surface area contributed by atoms with Crippen molar-refractivity contribution in [2.75, 3.05) is 18.1 Å². The molecular formula is C5H9F3N2OS. The summed E-state index contributed by atoms with van der Waals surface area (Å²) < 4.78 is 34.5. The minimum Gasteiger partial charge on any atom is -0.352 e. The molecule has 0 aromatic heterocycles. The van der Waals surface area contributed by atoms with Gasteiger partial charge in [0.15, 0.2) is 0 Å². The van der Waals surface area contributed by atoms with Gasteiger partial charge in [-0.25, -0.2) is 4.79 Å². The number of nitrogens with two attached hydrogens (primary N) is 1. The van der Waals surface area contributed by atoms with Gasteiger partial charge >= 0.3 is 12.2 Å². The number of nitrogens with one attached hydrogen (secondary N) is 1. The highest BCUT2D eigenvalue weighted by atomic mass is 32.2. The van der Waals surface area contributed by atoms with Crippen molar-refractivity contribution < 1.29 is 18.0 Å². The number of amides is 2. The molecule has 2 amide bonds. The van der Waals surface area contributed by atoms with E-state index < -0.39 is 18.0 Å². The Balaban J connectivity index is 3.17. The lowest BCUT2D eigenvalue weighted by Gasteiger charge is -2.05. The van der Waals surface area contributed by atoms with Crippen molar-refractivity contribution in [1.82, 2.24) is 5.32 Å². The molecule has 0 fully saturated rings. The molecule has 3 nitrogen and oxygen atoms in total. The first kappa shape index (κ1) is 11.4. The van der Waals surface area contributed by atoms with Crippen molar-refractivity contribution >= 4 is 17.8 Å². The van der Waals surface area contributed by atoms with Crippen LogP contribution in [0.25, 0.3) is 0 Å². The van der Waals surface area contributed by atoms with Gasteiger partial charge in [-0.15, -0.1) is 0 Å². The minimum absolute atomic E-state index is 0.163. The fourth-order valence-corrected chi connectivity index (χ4v) is 1.06. The summed E-state index contributed by atoms with van der Waals surface area (Å²) in [4.78, 5) is 10.0. The van der Waals surface area contributed by atoms with Gasteiger partial charge in [0.05, 0.1) is 5.75 Å². The Morgan fingerprint density at radius 1 is 1.50 bits per heavy atom. The number of thioether (sulfide) groups is 1. The van der Waals surface area contributed by atoms with Gasteiger partial charge < -0.3 is 11.1 Å². The van der Waals surface area contributed by atoms with E-state index in [1.54, 1.807) is 0 Å². The summed E-state index contributed by atoms with van der Waals surface area (Å²) >= 11 is 0.707. The van der Waals surface area contributed by atoms with Crippen LogP contribution in [-0.4, -0.2) is 30.3 Å². The van der Waals surface area contributed by atoms with Crippen molar-refractivity contribution in [2.45, 2.75) is 6.18 Å². The maximum atomic E-state index is 11.5. The first-order valence-electron chi connectivity index (χ1n) is 3.09. The molecule has 0 aromatic rings. The average Bonchev–Trinajstić information content (AvgIpc) is 1.83. The summed E-state index contributed by atoms with van der Waals surface area (Å²) in [7, 11) is 0. The summed E-state index contributed by atoms with van der Waals surface area (Å²) in [6.07, 6.45) is -4.14. The molecule has 12 heavy (non-hydrogen) atoms. The summed E-state index contributed by atoms with van der Waals surface area (Å²) in [5, 5.41) is 2.18. The highest BCUT2D eigenvalue weighted by molar-refractivity contribution is 7.99. The summed E-state index contributed by atoms with van der Waals surface area (Å²) in [6.45, 7) is 0.163. The predicted octanol–water partition coefficient (Wildman–Crippen LogP) is 0.950. The SMILES string of the molecule is NC(=O)NCCSCC(F)(F)F. The maximum Gasteiger partial charge on any atom is 0.397 e. The standard InChI is InChI=1S/C5H9F3N2OS/c6-5(7,8)3-12-2-1-10-4(9)11/h1-3H2,(H3,9,10,11). The van der Waals surface area contributed by atoms with Gasteiger partial charge in [-0.1, -0.05) is 0 Å². The van der Waals surface area contributed by atoms with E-state index in [1.165, 1.54) is 0 Å². The average molecular weight is 202 g/mol. The number of halogens is 3. The molecule has 0 aliphatic heterocycles. The van der Waals surface area contributed by atoms with E-state index >= 15 is 0 Å². The molecule has 0 saturated carbocycles. The summed E-state index contributed by atoms with van der Waals surface area (Å²) in [5.74, 6) is -0.685. The maximum absolute atomic E-state index is 11.5. The molecule has 0 aliphatic rings. The van der Waals surface area contributed by atoms with E-state index in [4.69, 9.17) is 0 Å². The van der Waals surface area contributed by atoms with Gasteiger partial charge in [-0.2, -0.15) is 24.9 Å². The second-order valence-corrected chi connectivity index (χ2v) is 3.06. The lowest BCUT2D eigenvalue weighted by molar-refractivity contribution is -0.105. The van der Waals surface area contributed by atoms with Crippen LogP contribution in [0.15, 0.2) is 0 Å². The van der Waals surface area contributed by atoms with Crippen LogP contribution < -0.4 is 11.1 Å². The normalized spacial score (nSPS) is 11.2. The third kappa shape index (κ3) is 9.41. The van der Waals surface area contributed by atoms with Crippen molar-refractivity contribution in [3.63, 3.8) is 0 Å². The highest BCUT2D eigenvalue weighted by Crippen LogP contribution is 2.20. The van der Waals surface area contributed by atoms with Gasteiger partial charge in [-0.3, -0.25) is 0 Å². The van der Waals surface area contributed by atoms with Crippen molar-refractivity contribution in [2.24, 2.45) is 5.73 Å². The Morgan fingerprint density at radius 2 is 2.08 bits per heavy atom. The van der Waals surface area contributed by atoms with Crippen LogP contribution in [0.4, 0.5) is 18.0 Å². The number of urea groups is 1. The van der Waals surface area contributed by atoms with Crippen LogP contribution in [0.5, 0.6) is 0 Å². The topological polar surface area (TPSA) is 55.1 Å². The van der Waals surface area contributed by atoms with Crippen LogP contribution in [0, 0.1) is 0 Å². The Bertz CT molecular complexity index is 150. The van der Waals surface area contributed by atoms with Crippen LogP contribution in [0.1, 0.15) is 0 Å². The lowest BCUT2D eigenvalue weighted by Crippen LogP contribution is -2.31. The predicted molar refractivity (Wildman–Crippen MR) is 41.0 cm³/mol. The molecule has 0 rings (SSSR count). The number of hydrogen-bond donors (Lipinski definition) is 2.